The zero-order chi connectivity index (χ0) is 19.6. The van der Waals surface area contributed by atoms with E-state index < -0.39 is 11.6 Å². The second-order valence-electron chi connectivity index (χ2n) is 6.38. The first-order chi connectivity index (χ1) is 12.8. The predicted molar refractivity (Wildman–Crippen MR) is 107 cm³/mol. The first-order valence-electron chi connectivity index (χ1n) is 8.51. The lowest BCUT2D eigenvalue weighted by atomic mass is 9.99. The lowest BCUT2D eigenvalue weighted by Gasteiger charge is -2.11. The molecule has 1 heterocycles. The molecule has 0 unspecified atom stereocenters. The van der Waals surface area contributed by atoms with Crippen LogP contribution >= 0.6 is 15.9 Å². The zero-order valence-corrected chi connectivity index (χ0v) is 16.8. The molecule has 5 nitrogen and oxygen atoms in total. The van der Waals surface area contributed by atoms with Gasteiger partial charge in [0.05, 0.1) is 11.7 Å². The zero-order valence-electron chi connectivity index (χ0n) is 15.2. The number of hydrogen-bond donors (Lipinski definition) is 0. The van der Waals surface area contributed by atoms with Crippen LogP contribution in [0.15, 0.2) is 56.1 Å². The highest BCUT2D eigenvalue weighted by Crippen LogP contribution is 2.29. The van der Waals surface area contributed by atoms with Gasteiger partial charge in [-0.25, -0.2) is 9.59 Å². The van der Waals surface area contributed by atoms with Gasteiger partial charge in [-0.15, -0.1) is 0 Å². The van der Waals surface area contributed by atoms with E-state index in [0.29, 0.717) is 16.9 Å². The van der Waals surface area contributed by atoms with E-state index in [1.54, 1.807) is 32.0 Å². The molecule has 0 N–H and O–H groups in total. The van der Waals surface area contributed by atoms with Crippen LogP contribution in [0.25, 0.3) is 22.1 Å². The number of fused-ring (bicyclic) bond motifs is 1. The van der Waals surface area contributed by atoms with Crippen LogP contribution in [0.3, 0.4) is 0 Å². The Labute approximate surface area is 165 Å². The Bertz CT molecular complexity index is 1030. The van der Waals surface area contributed by atoms with Crippen molar-refractivity contribution >= 4 is 32.9 Å². The molecule has 0 radical (unpaired) electrons. The Hall–Kier alpha value is -2.60. The van der Waals surface area contributed by atoms with Crippen molar-refractivity contribution in [3.8, 4) is 16.9 Å². The fraction of sp³-hybridized carbons (Fsp3) is 0.238. The fourth-order valence-corrected chi connectivity index (χ4v) is 3.07. The third-order valence-corrected chi connectivity index (χ3v) is 4.52. The van der Waals surface area contributed by atoms with Crippen molar-refractivity contribution in [2.75, 3.05) is 6.61 Å². The molecule has 0 aliphatic heterocycles. The molecule has 0 aliphatic rings. The molecule has 0 atom stereocenters. The first kappa shape index (κ1) is 19.2. The minimum atomic E-state index is -0.433. The van der Waals surface area contributed by atoms with Crippen molar-refractivity contribution in [3.63, 3.8) is 0 Å². The topological polar surface area (TPSA) is 65.7 Å². The third-order valence-electron chi connectivity index (χ3n) is 3.99. The van der Waals surface area contributed by atoms with Crippen molar-refractivity contribution in [1.29, 1.82) is 0 Å². The van der Waals surface area contributed by atoms with Crippen molar-refractivity contribution in [2.24, 2.45) is 0 Å². The maximum atomic E-state index is 12.5. The highest BCUT2D eigenvalue weighted by molar-refractivity contribution is 9.10. The first-order valence-corrected chi connectivity index (χ1v) is 9.30. The molecule has 0 aliphatic carbocycles. The molecule has 2 aromatic carbocycles. The van der Waals surface area contributed by atoms with Gasteiger partial charge >= 0.3 is 11.6 Å². The van der Waals surface area contributed by atoms with Gasteiger partial charge in [-0.1, -0.05) is 28.1 Å². The van der Waals surface area contributed by atoms with Gasteiger partial charge in [0.25, 0.3) is 0 Å². The summed E-state index contributed by atoms with van der Waals surface area (Å²) in [6, 6.07) is 12.6. The quantitative estimate of drug-likeness (QED) is 0.427. The number of carbonyl (C=O) groups is 1. The molecular weight excluding hydrogens is 412 g/mol. The van der Waals surface area contributed by atoms with Crippen LogP contribution in [0.5, 0.6) is 5.75 Å². The summed E-state index contributed by atoms with van der Waals surface area (Å²) in [4.78, 5) is 24.1. The molecule has 0 fully saturated rings. The standard InChI is InChI=1S/C21H19BrO5/c1-12(2)26-19(23)11-25-16-8-9-18-17(10-16)13(3)20(21(24)27-18)14-4-6-15(22)7-5-14/h4-10,12H,11H2,1-3H3. The molecular formula is C21H19BrO5. The summed E-state index contributed by atoms with van der Waals surface area (Å²) in [5.74, 6) is 0.0684. The monoisotopic (exact) mass is 430 g/mol. The summed E-state index contributed by atoms with van der Waals surface area (Å²) in [6.07, 6.45) is -0.192. The van der Waals surface area contributed by atoms with Gasteiger partial charge in [0, 0.05) is 9.86 Å². The highest BCUT2D eigenvalue weighted by atomic mass is 79.9. The van der Waals surface area contributed by atoms with Crippen LogP contribution in [-0.4, -0.2) is 18.7 Å². The third kappa shape index (κ3) is 4.39. The van der Waals surface area contributed by atoms with E-state index in [9.17, 15) is 9.59 Å². The summed E-state index contributed by atoms with van der Waals surface area (Å²) >= 11 is 3.39. The van der Waals surface area contributed by atoms with Crippen molar-refractivity contribution in [3.05, 3.63) is 62.9 Å². The molecule has 27 heavy (non-hydrogen) atoms. The lowest BCUT2D eigenvalue weighted by Crippen LogP contribution is -2.18. The van der Waals surface area contributed by atoms with Crippen LogP contribution < -0.4 is 10.4 Å². The molecule has 0 saturated heterocycles. The van der Waals surface area contributed by atoms with Crippen LogP contribution in [0.1, 0.15) is 19.4 Å². The number of aryl methyl sites for hydroxylation is 1. The van der Waals surface area contributed by atoms with Crippen molar-refractivity contribution in [2.45, 2.75) is 26.9 Å². The predicted octanol–water partition coefficient (Wildman–Crippen LogP) is 4.86. The number of hydrogen-bond acceptors (Lipinski definition) is 5. The average Bonchev–Trinajstić information content (AvgIpc) is 2.61. The Kier molecular flexibility index (Phi) is 5.65. The second kappa shape index (κ2) is 7.96. The van der Waals surface area contributed by atoms with Crippen molar-refractivity contribution in [1.82, 2.24) is 0 Å². The minimum absolute atomic E-state index is 0.181. The fourth-order valence-electron chi connectivity index (χ4n) is 2.81. The number of rotatable bonds is 5. The summed E-state index contributed by atoms with van der Waals surface area (Å²) in [6.45, 7) is 5.25. The summed E-state index contributed by atoms with van der Waals surface area (Å²) in [7, 11) is 0. The Morgan fingerprint density at radius 3 is 2.52 bits per heavy atom. The van der Waals surface area contributed by atoms with Crippen molar-refractivity contribution < 1.29 is 18.7 Å². The van der Waals surface area contributed by atoms with Gasteiger partial charge in [-0.3, -0.25) is 0 Å². The Balaban J connectivity index is 1.97. The number of benzene rings is 2. The van der Waals surface area contributed by atoms with E-state index in [1.165, 1.54) is 0 Å². The molecule has 3 rings (SSSR count). The van der Waals surface area contributed by atoms with Gasteiger partial charge in [0.1, 0.15) is 11.3 Å². The average molecular weight is 431 g/mol. The maximum Gasteiger partial charge on any atom is 0.344 e. The normalized spacial score (nSPS) is 11.0. The van der Waals surface area contributed by atoms with Crippen LogP contribution in [0.4, 0.5) is 0 Å². The molecule has 1 aromatic heterocycles. The van der Waals surface area contributed by atoms with Gasteiger partial charge in [0.15, 0.2) is 6.61 Å². The van der Waals surface area contributed by atoms with E-state index in [2.05, 4.69) is 15.9 Å². The minimum Gasteiger partial charge on any atom is -0.482 e. The van der Waals surface area contributed by atoms with Gasteiger partial charge < -0.3 is 13.9 Å². The number of esters is 1. The molecule has 0 spiro atoms. The van der Waals surface area contributed by atoms with E-state index in [0.717, 1.165) is 21.0 Å². The Morgan fingerprint density at radius 2 is 1.85 bits per heavy atom. The molecule has 0 bridgehead atoms. The smallest absolute Gasteiger partial charge is 0.344 e. The van der Waals surface area contributed by atoms with Gasteiger partial charge in [-0.05, 0) is 62.2 Å². The number of halogens is 1. The van der Waals surface area contributed by atoms with E-state index in [4.69, 9.17) is 13.9 Å². The largest absolute Gasteiger partial charge is 0.482 e. The molecule has 6 heteroatoms. The van der Waals surface area contributed by atoms with Crippen LogP contribution in [0, 0.1) is 6.92 Å². The van der Waals surface area contributed by atoms with E-state index in [-0.39, 0.29) is 12.7 Å². The van der Waals surface area contributed by atoms with Gasteiger partial charge in [-0.2, -0.15) is 0 Å². The van der Waals surface area contributed by atoms with E-state index >= 15 is 0 Å². The molecule has 0 saturated carbocycles. The summed E-state index contributed by atoms with van der Waals surface area (Å²) in [5, 5.41) is 0.752. The molecule has 140 valence electrons. The van der Waals surface area contributed by atoms with Crippen LogP contribution in [-0.2, 0) is 9.53 Å². The van der Waals surface area contributed by atoms with Gasteiger partial charge in [0.2, 0.25) is 0 Å². The number of carbonyl (C=O) groups excluding carboxylic acids is 1. The number of ether oxygens (including phenoxy) is 2. The Morgan fingerprint density at radius 1 is 1.15 bits per heavy atom. The van der Waals surface area contributed by atoms with Crippen LogP contribution in [0.2, 0.25) is 0 Å². The summed E-state index contributed by atoms with van der Waals surface area (Å²) in [5.41, 5.74) is 2.15. The second-order valence-corrected chi connectivity index (χ2v) is 7.30. The maximum absolute atomic E-state index is 12.5. The highest BCUT2D eigenvalue weighted by Gasteiger charge is 2.14. The molecule has 3 aromatic rings. The SMILES string of the molecule is Cc1c(-c2ccc(Br)cc2)c(=O)oc2ccc(OCC(=O)OC(C)C)cc12. The summed E-state index contributed by atoms with van der Waals surface area (Å²) < 4.78 is 17.0. The van der Waals surface area contributed by atoms with E-state index in [1.807, 2.05) is 31.2 Å². The molecule has 0 amide bonds. The lowest BCUT2D eigenvalue weighted by molar-refractivity contribution is -0.149.